The van der Waals surface area contributed by atoms with E-state index in [-0.39, 0.29) is 23.7 Å². The van der Waals surface area contributed by atoms with Gasteiger partial charge in [0, 0.05) is 11.7 Å². The number of nitrogens with one attached hydrogen (secondary N) is 4. The SMILES string of the molecule is CCc1ccc([C@H](N[C@H](C)C(=O)Nc2ccc3[nH]c(=O)[nH]c3c2)C(C)C)cc1. The maximum Gasteiger partial charge on any atom is 0.323 e. The van der Waals surface area contributed by atoms with Gasteiger partial charge in [-0.05, 0) is 48.6 Å². The highest BCUT2D eigenvalue weighted by Crippen LogP contribution is 2.23. The summed E-state index contributed by atoms with van der Waals surface area (Å²) in [5, 5.41) is 6.38. The van der Waals surface area contributed by atoms with Crippen LogP contribution in [0.25, 0.3) is 11.0 Å². The third-order valence-electron chi connectivity index (χ3n) is 5.02. The Hall–Kier alpha value is -2.86. The molecule has 3 rings (SSSR count). The van der Waals surface area contributed by atoms with Gasteiger partial charge in [-0.1, -0.05) is 45.0 Å². The number of aryl methyl sites for hydroxylation is 1. The molecule has 1 aromatic heterocycles. The van der Waals surface area contributed by atoms with Crippen molar-refractivity contribution in [2.75, 3.05) is 5.32 Å². The highest BCUT2D eigenvalue weighted by molar-refractivity contribution is 5.96. The van der Waals surface area contributed by atoms with E-state index in [0.717, 1.165) is 6.42 Å². The van der Waals surface area contributed by atoms with E-state index in [2.05, 4.69) is 65.6 Å². The Kier molecular flexibility index (Phi) is 5.99. The van der Waals surface area contributed by atoms with Gasteiger partial charge >= 0.3 is 5.69 Å². The smallest absolute Gasteiger partial charge is 0.323 e. The summed E-state index contributed by atoms with van der Waals surface area (Å²) in [5.41, 5.74) is 4.25. The van der Waals surface area contributed by atoms with Crippen LogP contribution in [0.1, 0.15) is 44.9 Å². The molecule has 6 heteroatoms. The van der Waals surface area contributed by atoms with Gasteiger partial charge in [0.1, 0.15) is 0 Å². The van der Waals surface area contributed by atoms with Crippen molar-refractivity contribution in [2.45, 2.75) is 46.2 Å². The second kappa shape index (κ2) is 8.44. The van der Waals surface area contributed by atoms with Crippen LogP contribution >= 0.6 is 0 Å². The standard InChI is InChI=1S/C22H28N4O2/c1-5-15-6-8-16(9-7-15)20(13(2)3)23-14(4)21(27)24-17-10-11-18-19(12-17)26-22(28)25-18/h6-14,20,23H,5H2,1-4H3,(H,24,27)(H2,25,26,28)/t14-,20-/m1/s1. The van der Waals surface area contributed by atoms with E-state index in [1.54, 1.807) is 18.2 Å². The topological polar surface area (TPSA) is 89.8 Å². The summed E-state index contributed by atoms with van der Waals surface area (Å²) in [6.45, 7) is 8.29. The van der Waals surface area contributed by atoms with Crippen LogP contribution in [0.2, 0.25) is 0 Å². The second-order valence-electron chi connectivity index (χ2n) is 7.53. The van der Waals surface area contributed by atoms with Crippen LogP contribution in [0.4, 0.5) is 5.69 Å². The molecule has 1 amide bonds. The fourth-order valence-corrected chi connectivity index (χ4v) is 3.34. The Morgan fingerprint density at radius 3 is 2.32 bits per heavy atom. The van der Waals surface area contributed by atoms with Crippen molar-refractivity contribution in [2.24, 2.45) is 5.92 Å². The summed E-state index contributed by atoms with van der Waals surface area (Å²) in [6.07, 6.45) is 1.01. The zero-order valence-corrected chi connectivity index (χ0v) is 16.8. The molecule has 2 aromatic carbocycles. The Labute approximate surface area is 164 Å². The van der Waals surface area contributed by atoms with E-state index in [0.29, 0.717) is 22.6 Å². The number of carbonyl (C=O) groups is 1. The van der Waals surface area contributed by atoms with E-state index >= 15 is 0 Å². The number of hydrogen-bond acceptors (Lipinski definition) is 3. The predicted molar refractivity (Wildman–Crippen MR) is 114 cm³/mol. The van der Waals surface area contributed by atoms with Gasteiger partial charge in [-0.25, -0.2) is 4.79 Å². The zero-order chi connectivity index (χ0) is 20.3. The molecule has 6 nitrogen and oxygen atoms in total. The quantitative estimate of drug-likeness (QED) is 0.503. The molecule has 0 bridgehead atoms. The molecular formula is C22H28N4O2. The van der Waals surface area contributed by atoms with Crippen LogP contribution in [-0.4, -0.2) is 21.9 Å². The highest BCUT2D eigenvalue weighted by atomic mass is 16.2. The molecule has 148 valence electrons. The minimum Gasteiger partial charge on any atom is -0.325 e. The van der Waals surface area contributed by atoms with Crippen molar-refractivity contribution in [3.63, 3.8) is 0 Å². The first-order valence-electron chi connectivity index (χ1n) is 9.75. The fourth-order valence-electron chi connectivity index (χ4n) is 3.34. The lowest BCUT2D eigenvalue weighted by atomic mass is 9.94. The van der Waals surface area contributed by atoms with Crippen molar-refractivity contribution in [3.05, 3.63) is 64.1 Å². The molecule has 0 saturated carbocycles. The van der Waals surface area contributed by atoms with Crippen LogP contribution < -0.4 is 16.3 Å². The Bertz CT molecular complexity index is 1000. The molecule has 0 aliphatic heterocycles. The van der Waals surface area contributed by atoms with E-state index < -0.39 is 0 Å². The Morgan fingerprint density at radius 2 is 1.68 bits per heavy atom. The summed E-state index contributed by atoms with van der Waals surface area (Å²) in [6, 6.07) is 13.6. The lowest BCUT2D eigenvalue weighted by Crippen LogP contribution is -2.41. The van der Waals surface area contributed by atoms with Gasteiger partial charge < -0.3 is 15.3 Å². The number of anilines is 1. The molecule has 2 atom stereocenters. The lowest BCUT2D eigenvalue weighted by Gasteiger charge is -2.26. The number of benzene rings is 2. The molecule has 0 unspecified atom stereocenters. The van der Waals surface area contributed by atoms with Gasteiger partial charge in [0.2, 0.25) is 5.91 Å². The molecule has 0 saturated heterocycles. The van der Waals surface area contributed by atoms with Crippen molar-refractivity contribution >= 4 is 22.6 Å². The lowest BCUT2D eigenvalue weighted by molar-refractivity contribution is -0.118. The Balaban J connectivity index is 1.70. The maximum absolute atomic E-state index is 12.7. The van der Waals surface area contributed by atoms with E-state index in [9.17, 15) is 9.59 Å². The van der Waals surface area contributed by atoms with Crippen molar-refractivity contribution in [3.8, 4) is 0 Å². The van der Waals surface area contributed by atoms with Crippen molar-refractivity contribution < 1.29 is 4.79 Å². The minimum atomic E-state index is -0.376. The maximum atomic E-state index is 12.7. The van der Waals surface area contributed by atoms with Gasteiger partial charge in [0.05, 0.1) is 17.1 Å². The predicted octanol–water partition coefficient (Wildman–Crippen LogP) is 3.73. The van der Waals surface area contributed by atoms with Gasteiger partial charge in [-0.3, -0.25) is 10.1 Å². The number of carbonyl (C=O) groups excluding carboxylic acids is 1. The van der Waals surface area contributed by atoms with Gasteiger partial charge in [-0.15, -0.1) is 0 Å². The van der Waals surface area contributed by atoms with E-state index in [1.165, 1.54) is 11.1 Å². The summed E-state index contributed by atoms with van der Waals surface area (Å²) >= 11 is 0. The normalized spacial score (nSPS) is 13.6. The molecule has 4 N–H and O–H groups in total. The zero-order valence-electron chi connectivity index (χ0n) is 16.8. The first-order valence-corrected chi connectivity index (χ1v) is 9.75. The molecule has 0 radical (unpaired) electrons. The number of H-pyrrole nitrogens is 2. The molecule has 0 aliphatic rings. The first-order chi connectivity index (χ1) is 13.4. The second-order valence-corrected chi connectivity index (χ2v) is 7.53. The number of amides is 1. The molecule has 0 fully saturated rings. The molecule has 0 spiro atoms. The average Bonchev–Trinajstić information content (AvgIpc) is 3.05. The van der Waals surface area contributed by atoms with Crippen molar-refractivity contribution in [1.29, 1.82) is 0 Å². The van der Waals surface area contributed by atoms with Crippen LogP contribution in [0.5, 0.6) is 0 Å². The number of aromatic amines is 2. The van der Waals surface area contributed by atoms with E-state index in [1.807, 2.05) is 6.92 Å². The summed E-state index contributed by atoms with van der Waals surface area (Å²) in [7, 11) is 0. The van der Waals surface area contributed by atoms with Crippen LogP contribution in [-0.2, 0) is 11.2 Å². The summed E-state index contributed by atoms with van der Waals surface area (Å²) in [5.74, 6) is 0.220. The molecular weight excluding hydrogens is 352 g/mol. The first kappa shape index (κ1) is 19.9. The van der Waals surface area contributed by atoms with Gasteiger partial charge in [0.15, 0.2) is 0 Å². The molecule has 0 aliphatic carbocycles. The number of rotatable bonds is 7. The molecule has 1 heterocycles. The van der Waals surface area contributed by atoms with E-state index in [4.69, 9.17) is 0 Å². The molecule has 28 heavy (non-hydrogen) atoms. The number of imidazole rings is 1. The molecule has 3 aromatic rings. The third-order valence-corrected chi connectivity index (χ3v) is 5.02. The number of hydrogen-bond donors (Lipinski definition) is 4. The average molecular weight is 380 g/mol. The summed E-state index contributed by atoms with van der Waals surface area (Å²) < 4.78 is 0. The summed E-state index contributed by atoms with van der Waals surface area (Å²) in [4.78, 5) is 29.5. The van der Waals surface area contributed by atoms with Crippen LogP contribution in [0.15, 0.2) is 47.3 Å². The van der Waals surface area contributed by atoms with Crippen molar-refractivity contribution in [1.82, 2.24) is 15.3 Å². The monoisotopic (exact) mass is 380 g/mol. The highest BCUT2D eigenvalue weighted by Gasteiger charge is 2.22. The van der Waals surface area contributed by atoms with Gasteiger partial charge in [0.25, 0.3) is 0 Å². The fraction of sp³-hybridized carbons (Fsp3) is 0.364. The minimum absolute atomic E-state index is 0.0789. The Morgan fingerprint density at radius 1 is 1.00 bits per heavy atom. The van der Waals surface area contributed by atoms with Crippen LogP contribution in [0.3, 0.4) is 0 Å². The number of fused-ring (bicyclic) bond motifs is 1. The van der Waals surface area contributed by atoms with Crippen LogP contribution in [0, 0.1) is 5.92 Å². The van der Waals surface area contributed by atoms with Gasteiger partial charge in [-0.2, -0.15) is 0 Å². The number of aromatic nitrogens is 2. The third kappa shape index (κ3) is 4.51. The largest absolute Gasteiger partial charge is 0.325 e.